The highest BCUT2D eigenvalue weighted by Crippen LogP contribution is 2.29. The van der Waals surface area contributed by atoms with Gasteiger partial charge in [-0.25, -0.2) is 0 Å². The molecule has 2 aromatic carbocycles. The van der Waals surface area contributed by atoms with Gasteiger partial charge in [0, 0.05) is 17.1 Å². The Labute approximate surface area is 119 Å². The molecule has 2 rings (SSSR count). The second kappa shape index (κ2) is 6.09. The molecule has 1 N–H and O–H groups in total. The lowest BCUT2D eigenvalue weighted by molar-refractivity contribution is 0.473. The van der Waals surface area contributed by atoms with E-state index in [1.165, 1.54) is 11.1 Å². The molecule has 0 heterocycles. The molecule has 0 aliphatic rings. The highest BCUT2D eigenvalue weighted by atomic mass is 35.5. The van der Waals surface area contributed by atoms with E-state index in [1.54, 1.807) is 0 Å². The van der Waals surface area contributed by atoms with Gasteiger partial charge >= 0.3 is 0 Å². The Morgan fingerprint density at radius 1 is 1.05 bits per heavy atom. The largest absolute Gasteiger partial charge is 0.457 e. The summed E-state index contributed by atoms with van der Waals surface area (Å²) in [6, 6.07) is 11.7. The minimum absolute atomic E-state index is 0.711. The third-order valence-electron chi connectivity index (χ3n) is 3.09. The third kappa shape index (κ3) is 3.49. The van der Waals surface area contributed by atoms with Crippen molar-refractivity contribution in [1.82, 2.24) is 5.32 Å². The number of nitrogens with one attached hydrogen (secondary N) is 1. The van der Waals surface area contributed by atoms with Crippen LogP contribution in [0.2, 0.25) is 5.02 Å². The first-order chi connectivity index (χ1) is 9.10. The highest BCUT2D eigenvalue weighted by molar-refractivity contribution is 6.30. The molecule has 3 heteroatoms. The van der Waals surface area contributed by atoms with E-state index >= 15 is 0 Å². The van der Waals surface area contributed by atoms with Crippen molar-refractivity contribution in [3.05, 3.63) is 58.1 Å². The van der Waals surface area contributed by atoms with Gasteiger partial charge in [-0.2, -0.15) is 0 Å². The number of hydrogen-bond acceptors (Lipinski definition) is 2. The van der Waals surface area contributed by atoms with Crippen molar-refractivity contribution in [3.63, 3.8) is 0 Å². The van der Waals surface area contributed by atoms with E-state index in [2.05, 4.69) is 31.3 Å². The molecule has 0 bridgehead atoms. The van der Waals surface area contributed by atoms with Crippen LogP contribution in [0.5, 0.6) is 11.5 Å². The zero-order valence-corrected chi connectivity index (χ0v) is 12.2. The van der Waals surface area contributed by atoms with Crippen LogP contribution in [0.4, 0.5) is 0 Å². The van der Waals surface area contributed by atoms with Gasteiger partial charge in [0.25, 0.3) is 0 Å². The van der Waals surface area contributed by atoms with Gasteiger partial charge in [0.1, 0.15) is 11.5 Å². The fourth-order valence-electron chi connectivity index (χ4n) is 1.90. The Morgan fingerprint density at radius 3 is 2.32 bits per heavy atom. The van der Waals surface area contributed by atoms with Crippen molar-refractivity contribution >= 4 is 11.6 Å². The van der Waals surface area contributed by atoms with Gasteiger partial charge in [-0.3, -0.25) is 0 Å². The average molecular weight is 276 g/mol. The SMILES string of the molecule is CNCc1cc(C)c(C)cc1Oc1ccc(Cl)cc1. The molecule has 2 aromatic rings. The summed E-state index contributed by atoms with van der Waals surface area (Å²) in [4.78, 5) is 0. The van der Waals surface area contributed by atoms with Gasteiger partial charge in [-0.05, 0) is 62.4 Å². The van der Waals surface area contributed by atoms with Crippen LogP contribution in [-0.2, 0) is 6.54 Å². The van der Waals surface area contributed by atoms with Crippen molar-refractivity contribution in [2.45, 2.75) is 20.4 Å². The molecule has 0 saturated heterocycles. The van der Waals surface area contributed by atoms with E-state index in [0.29, 0.717) is 5.02 Å². The molecular formula is C16H18ClNO. The summed E-state index contributed by atoms with van der Waals surface area (Å²) in [6.45, 7) is 4.98. The van der Waals surface area contributed by atoms with Crippen LogP contribution in [-0.4, -0.2) is 7.05 Å². The number of halogens is 1. The molecule has 0 aliphatic carbocycles. The maximum absolute atomic E-state index is 5.95. The van der Waals surface area contributed by atoms with E-state index in [4.69, 9.17) is 16.3 Å². The lowest BCUT2D eigenvalue weighted by Gasteiger charge is -2.14. The highest BCUT2D eigenvalue weighted by Gasteiger charge is 2.07. The Morgan fingerprint density at radius 2 is 1.68 bits per heavy atom. The van der Waals surface area contributed by atoms with Crippen LogP contribution in [0.15, 0.2) is 36.4 Å². The Kier molecular flexibility index (Phi) is 4.46. The number of hydrogen-bond donors (Lipinski definition) is 1. The van der Waals surface area contributed by atoms with Gasteiger partial charge in [0.05, 0.1) is 0 Å². The predicted octanol–water partition coefficient (Wildman–Crippen LogP) is 4.47. The van der Waals surface area contributed by atoms with Gasteiger partial charge in [-0.15, -0.1) is 0 Å². The first kappa shape index (κ1) is 13.9. The Balaban J connectivity index is 2.32. The molecule has 100 valence electrons. The average Bonchev–Trinajstić information content (AvgIpc) is 2.38. The van der Waals surface area contributed by atoms with E-state index in [9.17, 15) is 0 Å². The molecule has 2 nitrogen and oxygen atoms in total. The predicted molar refractivity (Wildman–Crippen MR) is 80.2 cm³/mol. The standard InChI is InChI=1S/C16H18ClNO/c1-11-8-13(10-18-3)16(9-12(11)2)19-15-6-4-14(17)5-7-15/h4-9,18H,10H2,1-3H3. The maximum Gasteiger partial charge on any atom is 0.132 e. The zero-order valence-electron chi connectivity index (χ0n) is 11.5. The smallest absolute Gasteiger partial charge is 0.132 e. The lowest BCUT2D eigenvalue weighted by atomic mass is 10.0. The second-order valence-electron chi connectivity index (χ2n) is 4.63. The summed E-state index contributed by atoms with van der Waals surface area (Å²) >= 11 is 5.88. The van der Waals surface area contributed by atoms with Gasteiger partial charge in [0.15, 0.2) is 0 Å². The van der Waals surface area contributed by atoms with Crippen LogP contribution in [0.3, 0.4) is 0 Å². The Hall–Kier alpha value is -1.51. The van der Waals surface area contributed by atoms with E-state index in [-0.39, 0.29) is 0 Å². The number of aryl methyl sites for hydroxylation is 2. The molecular weight excluding hydrogens is 258 g/mol. The molecule has 0 fully saturated rings. The quantitative estimate of drug-likeness (QED) is 0.889. The lowest BCUT2D eigenvalue weighted by Crippen LogP contribution is -2.07. The molecule has 0 aromatic heterocycles. The molecule has 0 spiro atoms. The fourth-order valence-corrected chi connectivity index (χ4v) is 2.03. The van der Waals surface area contributed by atoms with E-state index in [1.807, 2.05) is 31.3 Å². The molecule has 0 radical (unpaired) electrons. The van der Waals surface area contributed by atoms with Crippen LogP contribution >= 0.6 is 11.6 Å². The third-order valence-corrected chi connectivity index (χ3v) is 3.34. The van der Waals surface area contributed by atoms with Gasteiger partial charge < -0.3 is 10.1 Å². The summed E-state index contributed by atoms with van der Waals surface area (Å²) in [5, 5.41) is 3.88. The van der Waals surface area contributed by atoms with Crippen molar-refractivity contribution in [2.75, 3.05) is 7.05 Å². The zero-order chi connectivity index (χ0) is 13.8. The monoisotopic (exact) mass is 275 g/mol. The van der Waals surface area contributed by atoms with Crippen LogP contribution in [0.25, 0.3) is 0 Å². The summed E-state index contributed by atoms with van der Waals surface area (Å²) in [5.41, 5.74) is 3.65. The minimum Gasteiger partial charge on any atom is -0.457 e. The topological polar surface area (TPSA) is 21.3 Å². The van der Waals surface area contributed by atoms with Crippen LogP contribution in [0, 0.1) is 13.8 Å². The maximum atomic E-state index is 5.95. The van der Waals surface area contributed by atoms with Crippen molar-refractivity contribution in [3.8, 4) is 11.5 Å². The molecule has 0 amide bonds. The number of rotatable bonds is 4. The first-order valence-electron chi connectivity index (χ1n) is 6.28. The van der Waals surface area contributed by atoms with Crippen molar-refractivity contribution < 1.29 is 4.74 Å². The number of ether oxygens (including phenoxy) is 1. The van der Waals surface area contributed by atoms with Gasteiger partial charge in [0.2, 0.25) is 0 Å². The molecule has 19 heavy (non-hydrogen) atoms. The normalized spacial score (nSPS) is 10.5. The van der Waals surface area contributed by atoms with Crippen molar-refractivity contribution in [2.24, 2.45) is 0 Å². The summed E-state index contributed by atoms with van der Waals surface area (Å²) in [7, 11) is 1.93. The molecule has 0 saturated carbocycles. The summed E-state index contributed by atoms with van der Waals surface area (Å²) in [5.74, 6) is 1.68. The van der Waals surface area contributed by atoms with Gasteiger partial charge in [-0.1, -0.05) is 17.7 Å². The molecule has 0 atom stereocenters. The molecule has 0 unspecified atom stereocenters. The van der Waals surface area contributed by atoms with E-state index in [0.717, 1.165) is 23.6 Å². The summed E-state index contributed by atoms with van der Waals surface area (Å²) in [6.07, 6.45) is 0. The van der Waals surface area contributed by atoms with Crippen LogP contribution in [0.1, 0.15) is 16.7 Å². The number of benzene rings is 2. The van der Waals surface area contributed by atoms with Crippen LogP contribution < -0.4 is 10.1 Å². The minimum atomic E-state index is 0.711. The van der Waals surface area contributed by atoms with Crippen molar-refractivity contribution in [1.29, 1.82) is 0 Å². The fraction of sp³-hybridized carbons (Fsp3) is 0.250. The Bertz CT molecular complexity index is 564. The van der Waals surface area contributed by atoms with E-state index < -0.39 is 0 Å². The first-order valence-corrected chi connectivity index (χ1v) is 6.66. The molecule has 0 aliphatic heterocycles. The summed E-state index contributed by atoms with van der Waals surface area (Å²) < 4.78 is 5.95. The second-order valence-corrected chi connectivity index (χ2v) is 5.07.